The van der Waals surface area contributed by atoms with E-state index >= 15 is 0 Å². The topological polar surface area (TPSA) is 70.7 Å². The molecule has 2 N–H and O–H groups in total. The first-order chi connectivity index (χ1) is 14.4. The van der Waals surface area contributed by atoms with Crippen molar-refractivity contribution >= 4 is 34.8 Å². The molecule has 6 nitrogen and oxygen atoms in total. The van der Waals surface area contributed by atoms with Gasteiger partial charge in [0.15, 0.2) is 0 Å². The lowest BCUT2D eigenvalue weighted by molar-refractivity contribution is -0.135. The van der Waals surface area contributed by atoms with Crippen LogP contribution in [0.3, 0.4) is 0 Å². The molecule has 7 heteroatoms. The van der Waals surface area contributed by atoms with Gasteiger partial charge in [0, 0.05) is 22.3 Å². The number of hydrogen-bond acceptors (Lipinski definition) is 4. The van der Waals surface area contributed by atoms with Crippen LogP contribution in [0, 0.1) is 12.8 Å². The van der Waals surface area contributed by atoms with Crippen LogP contribution in [0.1, 0.15) is 30.4 Å². The fourth-order valence-electron chi connectivity index (χ4n) is 5.54. The number of hydrogen-bond donors (Lipinski definition) is 2. The Labute approximate surface area is 180 Å². The maximum Gasteiger partial charge on any atom is 0.250 e. The summed E-state index contributed by atoms with van der Waals surface area (Å²) in [6.45, 7) is 2.83. The number of aryl methyl sites for hydroxylation is 1. The number of amides is 2. The van der Waals surface area contributed by atoms with Crippen LogP contribution in [0.2, 0.25) is 5.02 Å². The molecular formula is C23H24ClN3O3. The number of benzene rings is 2. The molecule has 0 radical (unpaired) electrons. The molecule has 3 aliphatic rings. The highest BCUT2D eigenvalue weighted by Gasteiger charge is 2.65. The molecule has 0 aromatic heterocycles. The molecule has 2 fully saturated rings. The summed E-state index contributed by atoms with van der Waals surface area (Å²) in [6, 6.07) is 11.3. The summed E-state index contributed by atoms with van der Waals surface area (Å²) >= 11 is 6.14. The summed E-state index contributed by atoms with van der Waals surface area (Å²) in [4.78, 5) is 29.3. The fraction of sp³-hybridized carbons (Fsp3) is 0.391. The van der Waals surface area contributed by atoms with Crippen LogP contribution < -0.4 is 15.4 Å². The Morgan fingerprint density at radius 2 is 2.13 bits per heavy atom. The van der Waals surface area contributed by atoms with E-state index in [1.165, 1.54) is 0 Å². The van der Waals surface area contributed by atoms with Gasteiger partial charge in [-0.3, -0.25) is 14.5 Å². The molecule has 3 unspecified atom stereocenters. The van der Waals surface area contributed by atoms with Gasteiger partial charge in [-0.1, -0.05) is 29.3 Å². The Balaban J connectivity index is 1.59. The first-order valence-electron chi connectivity index (χ1n) is 10.3. The first-order valence-corrected chi connectivity index (χ1v) is 10.7. The normalized spacial score (nSPS) is 27.1. The highest BCUT2D eigenvalue weighted by molar-refractivity contribution is 6.31. The summed E-state index contributed by atoms with van der Waals surface area (Å²) in [5.74, 6) is -0.262. The highest BCUT2D eigenvalue weighted by Crippen LogP contribution is 2.55. The minimum atomic E-state index is -0.974. The van der Waals surface area contributed by atoms with Gasteiger partial charge in [-0.05, 0) is 57.0 Å². The molecule has 2 aromatic carbocycles. The number of anilines is 2. The number of rotatable bonds is 3. The molecule has 0 aliphatic carbocycles. The van der Waals surface area contributed by atoms with Crippen LogP contribution in [-0.4, -0.2) is 36.4 Å². The molecule has 3 aliphatic heterocycles. The lowest BCUT2D eigenvalue weighted by Gasteiger charge is -2.36. The van der Waals surface area contributed by atoms with Crippen LogP contribution in [0.5, 0.6) is 5.75 Å². The summed E-state index contributed by atoms with van der Waals surface area (Å²) < 4.78 is 5.39. The molecule has 2 amide bonds. The number of halogens is 1. The Morgan fingerprint density at radius 1 is 1.30 bits per heavy atom. The minimum Gasteiger partial charge on any atom is -0.495 e. The van der Waals surface area contributed by atoms with Crippen molar-refractivity contribution in [3.63, 3.8) is 0 Å². The van der Waals surface area contributed by atoms with Crippen molar-refractivity contribution in [1.29, 1.82) is 0 Å². The standard InChI is InChI=1S/C23H24ClN3O3/c1-13-5-7-18-16(10-13)23(22(29)26-18)17(12-15-4-3-9-27(15)23)21(28)25-19-11-14(24)6-8-20(19)30-2/h5-8,10-11,15,17H,3-4,9,12H2,1-2H3,(H,25,28)(H,26,29). The van der Waals surface area contributed by atoms with E-state index in [2.05, 4.69) is 15.5 Å². The third kappa shape index (κ3) is 2.67. The maximum absolute atomic E-state index is 13.6. The van der Waals surface area contributed by atoms with Crippen molar-refractivity contribution in [2.45, 2.75) is 37.8 Å². The number of methoxy groups -OCH3 is 1. The van der Waals surface area contributed by atoms with Gasteiger partial charge in [0.05, 0.1) is 18.7 Å². The van der Waals surface area contributed by atoms with E-state index in [0.29, 0.717) is 22.9 Å². The second-order valence-electron chi connectivity index (χ2n) is 8.38. The number of nitrogens with zero attached hydrogens (tertiary/aromatic N) is 1. The lowest BCUT2D eigenvalue weighted by atomic mass is 9.78. The number of ether oxygens (including phenoxy) is 1. The van der Waals surface area contributed by atoms with E-state index in [4.69, 9.17) is 16.3 Å². The van der Waals surface area contributed by atoms with Gasteiger partial charge in [-0.15, -0.1) is 0 Å². The Morgan fingerprint density at radius 3 is 2.93 bits per heavy atom. The van der Waals surface area contributed by atoms with Crippen molar-refractivity contribution in [2.24, 2.45) is 5.92 Å². The second kappa shape index (κ2) is 7.00. The van der Waals surface area contributed by atoms with Crippen molar-refractivity contribution in [3.8, 4) is 5.75 Å². The van der Waals surface area contributed by atoms with E-state index in [1.807, 2.05) is 25.1 Å². The average Bonchev–Trinajstić information content (AvgIpc) is 3.37. The van der Waals surface area contributed by atoms with Crippen molar-refractivity contribution in [1.82, 2.24) is 4.90 Å². The molecule has 2 aromatic rings. The van der Waals surface area contributed by atoms with Crippen molar-refractivity contribution in [3.05, 3.63) is 52.5 Å². The van der Waals surface area contributed by atoms with Gasteiger partial charge < -0.3 is 15.4 Å². The third-order valence-electron chi connectivity index (χ3n) is 6.76. The number of carbonyl (C=O) groups excluding carboxylic acids is 2. The largest absolute Gasteiger partial charge is 0.495 e. The molecule has 156 valence electrons. The monoisotopic (exact) mass is 425 g/mol. The summed E-state index contributed by atoms with van der Waals surface area (Å²) in [6.07, 6.45) is 2.69. The predicted octanol–water partition coefficient (Wildman–Crippen LogP) is 3.93. The highest BCUT2D eigenvalue weighted by atomic mass is 35.5. The second-order valence-corrected chi connectivity index (χ2v) is 8.82. The van der Waals surface area contributed by atoms with Gasteiger partial charge in [0.1, 0.15) is 11.3 Å². The maximum atomic E-state index is 13.6. The van der Waals surface area contributed by atoms with E-state index in [-0.39, 0.29) is 17.9 Å². The summed E-state index contributed by atoms with van der Waals surface area (Å²) in [5, 5.41) is 6.55. The molecular weight excluding hydrogens is 402 g/mol. The lowest BCUT2D eigenvalue weighted by Crippen LogP contribution is -2.53. The van der Waals surface area contributed by atoms with Crippen LogP contribution in [0.25, 0.3) is 0 Å². The quantitative estimate of drug-likeness (QED) is 0.781. The first kappa shape index (κ1) is 19.4. The molecule has 30 heavy (non-hydrogen) atoms. The van der Waals surface area contributed by atoms with E-state index in [9.17, 15) is 9.59 Å². The minimum absolute atomic E-state index is 0.106. The smallest absolute Gasteiger partial charge is 0.250 e. The molecule has 0 bridgehead atoms. The molecule has 3 heterocycles. The van der Waals surface area contributed by atoms with Crippen LogP contribution in [0.15, 0.2) is 36.4 Å². The third-order valence-corrected chi connectivity index (χ3v) is 6.99. The fourth-order valence-corrected chi connectivity index (χ4v) is 5.71. The SMILES string of the molecule is COc1ccc(Cl)cc1NC(=O)C1CC2CCCN2C12C(=O)Nc1ccc(C)cc12. The van der Waals surface area contributed by atoms with Gasteiger partial charge in [-0.25, -0.2) is 0 Å². The Kier molecular flexibility index (Phi) is 4.52. The average molecular weight is 426 g/mol. The van der Waals surface area contributed by atoms with E-state index in [0.717, 1.165) is 36.2 Å². The van der Waals surface area contributed by atoms with Crippen LogP contribution >= 0.6 is 11.6 Å². The van der Waals surface area contributed by atoms with Gasteiger partial charge in [-0.2, -0.15) is 0 Å². The predicted molar refractivity (Wildman–Crippen MR) is 116 cm³/mol. The number of nitrogens with one attached hydrogen (secondary N) is 2. The zero-order chi connectivity index (χ0) is 21.0. The van der Waals surface area contributed by atoms with Crippen molar-refractivity contribution in [2.75, 3.05) is 24.3 Å². The van der Waals surface area contributed by atoms with Crippen LogP contribution in [-0.2, 0) is 15.1 Å². The molecule has 5 rings (SSSR count). The molecule has 3 atom stereocenters. The molecule has 0 saturated carbocycles. The zero-order valence-electron chi connectivity index (χ0n) is 17.0. The van der Waals surface area contributed by atoms with Crippen molar-refractivity contribution < 1.29 is 14.3 Å². The van der Waals surface area contributed by atoms with Gasteiger partial charge >= 0.3 is 0 Å². The van der Waals surface area contributed by atoms with Gasteiger partial charge in [0.25, 0.3) is 0 Å². The van der Waals surface area contributed by atoms with E-state index < -0.39 is 11.5 Å². The zero-order valence-corrected chi connectivity index (χ0v) is 17.8. The summed E-state index contributed by atoms with van der Waals surface area (Å²) in [7, 11) is 1.55. The van der Waals surface area contributed by atoms with Gasteiger partial charge in [0.2, 0.25) is 11.8 Å². The summed E-state index contributed by atoms with van der Waals surface area (Å²) in [5.41, 5.74) is 2.33. The number of fused-ring (bicyclic) bond motifs is 4. The van der Waals surface area contributed by atoms with Crippen LogP contribution in [0.4, 0.5) is 11.4 Å². The van der Waals surface area contributed by atoms with E-state index in [1.54, 1.807) is 25.3 Å². The Bertz CT molecular complexity index is 1060. The number of carbonyl (C=O) groups is 2. The Hall–Kier alpha value is -2.57. The molecule has 2 saturated heterocycles. The molecule has 1 spiro atoms.